The van der Waals surface area contributed by atoms with Gasteiger partial charge in [-0.05, 0) is 72.4 Å². The van der Waals surface area contributed by atoms with Crippen molar-refractivity contribution in [3.63, 3.8) is 0 Å². The average Bonchev–Trinajstić information content (AvgIpc) is 3.17. The summed E-state index contributed by atoms with van der Waals surface area (Å²) in [7, 11) is 0. The molecule has 0 fully saturated rings. The molecule has 8 heteroatoms. The number of carboxylic acids is 1. The number of carbonyl (C=O) groups is 1. The van der Waals surface area contributed by atoms with Crippen molar-refractivity contribution in [3.05, 3.63) is 76.2 Å². The lowest BCUT2D eigenvalue weighted by Crippen LogP contribution is -2.28. The van der Waals surface area contributed by atoms with Gasteiger partial charge in [0.25, 0.3) is 0 Å². The van der Waals surface area contributed by atoms with Crippen LogP contribution in [0.3, 0.4) is 0 Å². The number of aliphatic carboxylic acids is 1. The lowest BCUT2D eigenvalue weighted by Gasteiger charge is -2.19. The molecule has 2 aromatic carbocycles. The number of hydrogen-bond acceptors (Lipinski definition) is 4. The van der Waals surface area contributed by atoms with Crippen LogP contribution in [0.1, 0.15) is 21.6 Å². The summed E-state index contributed by atoms with van der Waals surface area (Å²) >= 11 is 1.62. The van der Waals surface area contributed by atoms with Crippen molar-refractivity contribution in [2.24, 2.45) is 0 Å². The van der Waals surface area contributed by atoms with Gasteiger partial charge in [-0.15, -0.1) is 11.3 Å². The van der Waals surface area contributed by atoms with Crippen LogP contribution in [0, 0.1) is 0 Å². The lowest BCUT2D eigenvalue weighted by atomic mass is 10.0. The highest BCUT2D eigenvalue weighted by Crippen LogP contribution is 2.33. The molecule has 4 nitrogen and oxygen atoms in total. The third kappa shape index (κ3) is 6.15. The second-order valence-corrected chi connectivity index (χ2v) is 9.21. The summed E-state index contributed by atoms with van der Waals surface area (Å²) in [5.41, 5.74) is 2.62. The van der Waals surface area contributed by atoms with Gasteiger partial charge in [-0.2, -0.15) is 13.2 Å². The first kappa shape index (κ1) is 23.3. The molecule has 174 valence electrons. The number of nitrogens with zero attached hydrogens (tertiary/aromatic N) is 1. The summed E-state index contributed by atoms with van der Waals surface area (Å²) in [5, 5.41) is 8.78. The van der Waals surface area contributed by atoms with Gasteiger partial charge in [0.1, 0.15) is 5.75 Å². The second kappa shape index (κ2) is 9.97. The number of thiophene rings is 1. The smallest absolute Gasteiger partial charge is 0.416 e. The van der Waals surface area contributed by atoms with Gasteiger partial charge in [0.05, 0.1) is 5.56 Å². The fourth-order valence-electron chi connectivity index (χ4n) is 3.97. The number of fused-ring (bicyclic) bond motifs is 1. The predicted molar refractivity (Wildman–Crippen MR) is 122 cm³/mol. The molecule has 1 aliphatic heterocycles. The fourth-order valence-corrected chi connectivity index (χ4v) is 4.97. The molecule has 0 unspecified atom stereocenters. The zero-order chi connectivity index (χ0) is 23.4. The van der Waals surface area contributed by atoms with E-state index in [9.17, 15) is 18.0 Å². The van der Waals surface area contributed by atoms with Crippen molar-refractivity contribution in [2.45, 2.75) is 25.4 Å². The third-order valence-corrected chi connectivity index (χ3v) is 6.96. The number of halogens is 3. The van der Waals surface area contributed by atoms with Crippen molar-refractivity contribution in [1.82, 2.24) is 4.90 Å². The Morgan fingerprint density at radius 1 is 1.00 bits per heavy atom. The topological polar surface area (TPSA) is 49.8 Å². The van der Waals surface area contributed by atoms with E-state index in [4.69, 9.17) is 9.84 Å². The van der Waals surface area contributed by atoms with Gasteiger partial charge >= 0.3 is 12.1 Å². The van der Waals surface area contributed by atoms with E-state index in [1.807, 2.05) is 24.3 Å². The highest BCUT2D eigenvalue weighted by Gasteiger charge is 2.30. The molecule has 1 aromatic heterocycles. The minimum atomic E-state index is -4.32. The van der Waals surface area contributed by atoms with E-state index in [0.29, 0.717) is 5.75 Å². The maximum absolute atomic E-state index is 12.8. The molecule has 2 heterocycles. The summed E-state index contributed by atoms with van der Waals surface area (Å²) < 4.78 is 43.6. The third-order valence-electron chi connectivity index (χ3n) is 5.77. The van der Waals surface area contributed by atoms with Gasteiger partial charge in [-0.25, -0.2) is 4.79 Å². The first-order chi connectivity index (χ1) is 15.8. The first-order valence-electron chi connectivity index (χ1n) is 10.7. The SMILES string of the molecule is O=C(O)COc1ccc2c(c1)CCN(CCc1ccc(-c3ccc(C(F)(F)F)cc3)s1)CC2. The lowest BCUT2D eigenvalue weighted by molar-refractivity contribution is -0.139. The summed E-state index contributed by atoms with van der Waals surface area (Å²) in [6.45, 7) is 2.41. The molecule has 0 atom stereocenters. The Morgan fingerprint density at radius 2 is 1.73 bits per heavy atom. The minimum absolute atomic E-state index is 0.347. The maximum Gasteiger partial charge on any atom is 0.416 e. The predicted octanol–water partition coefficient (Wildman–Crippen LogP) is 5.54. The van der Waals surface area contributed by atoms with Crippen LogP contribution in [0.25, 0.3) is 10.4 Å². The number of alkyl halides is 3. The molecule has 0 amide bonds. The fraction of sp³-hybridized carbons (Fsp3) is 0.320. The van der Waals surface area contributed by atoms with E-state index in [1.54, 1.807) is 11.3 Å². The molecule has 33 heavy (non-hydrogen) atoms. The van der Waals surface area contributed by atoms with Crippen LogP contribution in [0.15, 0.2) is 54.6 Å². The Kier molecular flexibility index (Phi) is 7.05. The quantitative estimate of drug-likeness (QED) is 0.488. The van der Waals surface area contributed by atoms with Gasteiger partial charge in [-0.3, -0.25) is 0 Å². The molecule has 1 aliphatic rings. The monoisotopic (exact) mass is 475 g/mol. The summed E-state index contributed by atoms with van der Waals surface area (Å²) in [6, 6.07) is 15.1. The average molecular weight is 476 g/mol. The Labute approximate surface area is 194 Å². The highest BCUT2D eigenvalue weighted by atomic mass is 32.1. The van der Waals surface area contributed by atoms with E-state index in [0.717, 1.165) is 61.5 Å². The van der Waals surface area contributed by atoms with Gasteiger partial charge in [0.15, 0.2) is 6.61 Å². The van der Waals surface area contributed by atoms with Crippen molar-refractivity contribution in [1.29, 1.82) is 0 Å². The van der Waals surface area contributed by atoms with E-state index in [1.165, 1.54) is 28.1 Å². The van der Waals surface area contributed by atoms with Crippen LogP contribution in [-0.2, 0) is 30.2 Å². The summed E-state index contributed by atoms with van der Waals surface area (Å²) in [5.74, 6) is -0.412. The molecule has 0 radical (unpaired) electrons. The van der Waals surface area contributed by atoms with E-state index >= 15 is 0 Å². The summed E-state index contributed by atoms with van der Waals surface area (Å²) in [4.78, 5) is 15.3. The molecule has 4 rings (SSSR count). The van der Waals surface area contributed by atoms with Gasteiger partial charge in [0, 0.05) is 29.4 Å². The largest absolute Gasteiger partial charge is 0.482 e. The molecule has 3 aromatic rings. The van der Waals surface area contributed by atoms with Crippen molar-refractivity contribution in [3.8, 4) is 16.2 Å². The Hall–Kier alpha value is -2.84. The van der Waals surface area contributed by atoms with Crippen molar-refractivity contribution in [2.75, 3.05) is 26.2 Å². The van der Waals surface area contributed by atoms with Gasteiger partial charge < -0.3 is 14.7 Å². The molecule has 0 spiro atoms. The minimum Gasteiger partial charge on any atom is -0.482 e. The second-order valence-electron chi connectivity index (χ2n) is 8.05. The normalized spacial score (nSPS) is 14.5. The molecule has 0 saturated heterocycles. The van der Waals surface area contributed by atoms with Crippen LogP contribution >= 0.6 is 11.3 Å². The highest BCUT2D eigenvalue weighted by molar-refractivity contribution is 7.15. The number of rotatable bonds is 7. The van der Waals surface area contributed by atoms with E-state index in [2.05, 4.69) is 11.0 Å². The standard InChI is InChI=1S/C25H24F3NO3S/c26-25(27,28)20-4-1-18(2-5-20)23-8-7-22(33-23)11-14-29-12-9-17-3-6-21(32-16-24(30)31)15-19(17)10-13-29/h1-8,15H,9-14,16H2,(H,30,31). The van der Waals surface area contributed by atoms with E-state index < -0.39 is 17.7 Å². The van der Waals surface area contributed by atoms with Crippen molar-refractivity contribution >= 4 is 17.3 Å². The first-order valence-corrected chi connectivity index (χ1v) is 11.5. The molecular weight excluding hydrogens is 451 g/mol. The molecule has 0 saturated carbocycles. The number of ether oxygens (including phenoxy) is 1. The summed E-state index contributed by atoms with van der Waals surface area (Å²) in [6.07, 6.45) is -1.63. The van der Waals surface area contributed by atoms with Crippen LogP contribution in [-0.4, -0.2) is 42.2 Å². The van der Waals surface area contributed by atoms with Crippen LogP contribution < -0.4 is 4.74 Å². The van der Waals surface area contributed by atoms with E-state index in [-0.39, 0.29) is 6.61 Å². The van der Waals surface area contributed by atoms with Crippen LogP contribution in [0.4, 0.5) is 13.2 Å². The van der Waals surface area contributed by atoms with Gasteiger partial charge in [0.2, 0.25) is 0 Å². The zero-order valence-corrected chi connectivity index (χ0v) is 18.7. The number of carboxylic acid groups (broad SMARTS) is 1. The maximum atomic E-state index is 12.8. The Bertz CT molecular complexity index is 1110. The Morgan fingerprint density at radius 3 is 2.42 bits per heavy atom. The molecule has 0 aliphatic carbocycles. The van der Waals surface area contributed by atoms with Crippen molar-refractivity contribution < 1.29 is 27.8 Å². The zero-order valence-electron chi connectivity index (χ0n) is 17.9. The molecule has 0 bridgehead atoms. The molecular formula is C25H24F3NO3S. The van der Waals surface area contributed by atoms with Gasteiger partial charge in [-0.1, -0.05) is 18.2 Å². The number of hydrogen-bond donors (Lipinski definition) is 1. The van der Waals surface area contributed by atoms with Crippen LogP contribution in [0.5, 0.6) is 5.75 Å². The number of benzene rings is 2. The van der Waals surface area contributed by atoms with Crippen LogP contribution in [0.2, 0.25) is 0 Å². The molecule has 1 N–H and O–H groups in total. The Balaban J connectivity index is 1.32.